The van der Waals surface area contributed by atoms with Crippen LogP contribution in [0.2, 0.25) is 0 Å². The lowest BCUT2D eigenvalue weighted by molar-refractivity contribution is 0.248. The lowest BCUT2D eigenvalue weighted by atomic mass is 10.0. The first-order valence-corrected chi connectivity index (χ1v) is 5.69. The van der Waals surface area contributed by atoms with E-state index in [0.29, 0.717) is 5.92 Å². The molecule has 0 radical (unpaired) electrons. The van der Waals surface area contributed by atoms with Gasteiger partial charge in [-0.1, -0.05) is 13.3 Å². The zero-order chi connectivity index (χ0) is 10.9. The van der Waals surface area contributed by atoms with Crippen molar-refractivity contribution in [2.24, 2.45) is 5.92 Å². The second kappa shape index (κ2) is 7.49. The van der Waals surface area contributed by atoms with Crippen LogP contribution in [0.3, 0.4) is 0 Å². The standard InChI is InChI=1S/C12H21NO2/c1-2-3-11(4-6-14)8-13-9-12-5-7-15-10-12/h5,7,10-11,13-14H,2-4,6,8-9H2,1H3. The van der Waals surface area contributed by atoms with Gasteiger partial charge in [0, 0.05) is 18.7 Å². The number of rotatable bonds is 8. The second-order valence-electron chi connectivity index (χ2n) is 3.93. The van der Waals surface area contributed by atoms with Crippen molar-refractivity contribution >= 4 is 0 Å². The fraction of sp³-hybridized carbons (Fsp3) is 0.667. The Balaban J connectivity index is 2.15. The molecule has 0 bridgehead atoms. The zero-order valence-corrected chi connectivity index (χ0v) is 9.41. The van der Waals surface area contributed by atoms with Crippen molar-refractivity contribution in [1.29, 1.82) is 0 Å². The van der Waals surface area contributed by atoms with Crippen LogP contribution in [0.4, 0.5) is 0 Å². The molecule has 0 fully saturated rings. The van der Waals surface area contributed by atoms with Gasteiger partial charge in [0.1, 0.15) is 0 Å². The fourth-order valence-electron chi connectivity index (χ4n) is 1.75. The van der Waals surface area contributed by atoms with E-state index in [9.17, 15) is 0 Å². The molecule has 1 aromatic heterocycles. The fourth-order valence-corrected chi connectivity index (χ4v) is 1.75. The molecule has 86 valence electrons. The summed E-state index contributed by atoms with van der Waals surface area (Å²) in [5.74, 6) is 0.590. The van der Waals surface area contributed by atoms with Crippen molar-refractivity contribution in [3.63, 3.8) is 0 Å². The third kappa shape index (κ3) is 5.00. The largest absolute Gasteiger partial charge is 0.472 e. The third-order valence-corrected chi connectivity index (χ3v) is 2.58. The number of nitrogens with one attached hydrogen (secondary N) is 1. The predicted octanol–water partition coefficient (Wildman–Crippen LogP) is 2.17. The van der Waals surface area contributed by atoms with Crippen LogP contribution in [0, 0.1) is 5.92 Å². The number of aliphatic hydroxyl groups excluding tert-OH is 1. The maximum atomic E-state index is 8.90. The normalized spacial score (nSPS) is 12.9. The van der Waals surface area contributed by atoms with Crippen LogP contribution >= 0.6 is 0 Å². The molecule has 1 atom stereocenters. The molecule has 2 N–H and O–H groups in total. The summed E-state index contributed by atoms with van der Waals surface area (Å²) in [6.07, 6.45) is 6.70. The van der Waals surface area contributed by atoms with Crippen LogP contribution in [-0.2, 0) is 6.54 Å². The van der Waals surface area contributed by atoms with Crippen molar-refractivity contribution in [3.8, 4) is 0 Å². The molecule has 3 heteroatoms. The molecule has 0 spiro atoms. The van der Waals surface area contributed by atoms with Crippen molar-refractivity contribution in [3.05, 3.63) is 24.2 Å². The Morgan fingerprint density at radius 1 is 1.47 bits per heavy atom. The summed E-state index contributed by atoms with van der Waals surface area (Å²) in [6, 6.07) is 1.97. The molecule has 0 aliphatic rings. The Hall–Kier alpha value is -0.800. The van der Waals surface area contributed by atoms with Crippen molar-refractivity contribution in [2.45, 2.75) is 32.7 Å². The molecule has 0 aromatic carbocycles. The van der Waals surface area contributed by atoms with Gasteiger partial charge in [-0.3, -0.25) is 0 Å². The number of furan rings is 1. The highest BCUT2D eigenvalue weighted by molar-refractivity contribution is 5.04. The monoisotopic (exact) mass is 211 g/mol. The van der Waals surface area contributed by atoms with E-state index >= 15 is 0 Å². The van der Waals surface area contributed by atoms with Gasteiger partial charge in [-0.25, -0.2) is 0 Å². The minimum Gasteiger partial charge on any atom is -0.472 e. The maximum absolute atomic E-state index is 8.90. The highest BCUT2D eigenvalue weighted by Crippen LogP contribution is 2.09. The van der Waals surface area contributed by atoms with Crippen LogP contribution in [-0.4, -0.2) is 18.3 Å². The van der Waals surface area contributed by atoms with E-state index in [-0.39, 0.29) is 6.61 Å². The van der Waals surface area contributed by atoms with Gasteiger partial charge in [0.25, 0.3) is 0 Å². The highest BCUT2D eigenvalue weighted by atomic mass is 16.3. The number of hydrogen-bond donors (Lipinski definition) is 2. The Kier molecular flexibility index (Phi) is 6.12. The van der Waals surface area contributed by atoms with Gasteiger partial charge in [-0.05, 0) is 31.4 Å². The van der Waals surface area contributed by atoms with Gasteiger partial charge in [0.15, 0.2) is 0 Å². The number of hydrogen-bond acceptors (Lipinski definition) is 3. The average molecular weight is 211 g/mol. The molecule has 0 saturated carbocycles. The molecular formula is C12H21NO2. The van der Waals surface area contributed by atoms with E-state index in [1.165, 1.54) is 18.4 Å². The van der Waals surface area contributed by atoms with Gasteiger partial charge in [-0.15, -0.1) is 0 Å². The smallest absolute Gasteiger partial charge is 0.0947 e. The molecule has 1 aromatic rings. The van der Waals surface area contributed by atoms with Gasteiger partial charge in [-0.2, -0.15) is 0 Å². The van der Waals surface area contributed by atoms with E-state index in [0.717, 1.165) is 19.5 Å². The first kappa shape index (κ1) is 12.3. The summed E-state index contributed by atoms with van der Waals surface area (Å²) < 4.78 is 4.99. The lowest BCUT2D eigenvalue weighted by Crippen LogP contribution is -2.23. The van der Waals surface area contributed by atoms with E-state index in [4.69, 9.17) is 9.52 Å². The summed E-state index contributed by atoms with van der Waals surface area (Å²) in [7, 11) is 0. The van der Waals surface area contributed by atoms with Gasteiger partial charge >= 0.3 is 0 Å². The average Bonchev–Trinajstić information content (AvgIpc) is 2.71. The molecule has 1 rings (SSSR count). The van der Waals surface area contributed by atoms with Crippen LogP contribution in [0.15, 0.2) is 23.0 Å². The molecule has 3 nitrogen and oxygen atoms in total. The first-order valence-electron chi connectivity index (χ1n) is 5.69. The Morgan fingerprint density at radius 3 is 2.93 bits per heavy atom. The summed E-state index contributed by atoms with van der Waals surface area (Å²) in [5.41, 5.74) is 1.18. The van der Waals surface area contributed by atoms with Gasteiger partial charge in [0.2, 0.25) is 0 Å². The molecule has 1 heterocycles. The van der Waals surface area contributed by atoms with Crippen LogP contribution in [0.5, 0.6) is 0 Å². The first-order chi connectivity index (χ1) is 7.36. The molecule has 0 amide bonds. The van der Waals surface area contributed by atoms with E-state index < -0.39 is 0 Å². The topological polar surface area (TPSA) is 45.4 Å². The summed E-state index contributed by atoms with van der Waals surface area (Å²) in [4.78, 5) is 0. The molecule has 0 aliphatic heterocycles. The lowest BCUT2D eigenvalue weighted by Gasteiger charge is -2.15. The van der Waals surface area contributed by atoms with Crippen molar-refractivity contribution in [2.75, 3.05) is 13.2 Å². The van der Waals surface area contributed by atoms with E-state index in [1.807, 2.05) is 6.07 Å². The zero-order valence-electron chi connectivity index (χ0n) is 9.41. The second-order valence-corrected chi connectivity index (χ2v) is 3.93. The summed E-state index contributed by atoms with van der Waals surface area (Å²) in [6.45, 7) is 4.29. The van der Waals surface area contributed by atoms with Crippen LogP contribution in [0.25, 0.3) is 0 Å². The Labute approximate surface area is 91.5 Å². The van der Waals surface area contributed by atoms with Gasteiger partial charge < -0.3 is 14.8 Å². The SMILES string of the molecule is CCCC(CCO)CNCc1ccoc1. The van der Waals surface area contributed by atoms with Crippen LogP contribution in [0.1, 0.15) is 31.7 Å². The Bertz CT molecular complexity index is 228. The minimum absolute atomic E-state index is 0.290. The quantitative estimate of drug-likeness (QED) is 0.692. The third-order valence-electron chi connectivity index (χ3n) is 2.58. The molecule has 0 aliphatic carbocycles. The molecule has 15 heavy (non-hydrogen) atoms. The Morgan fingerprint density at radius 2 is 2.33 bits per heavy atom. The van der Waals surface area contributed by atoms with Crippen molar-refractivity contribution < 1.29 is 9.52 Å². The summed E-state index contributed by atoms with van der Waals surface area (Å²) in [5, 5.41) is 12.3. The highest BCUT2D eigenvalue weighted by Gasteiger charge is 2.06. The van der Waals surface area contributed by atoms with Gasteiger partial charge in [0.05, 0.1) is 12.5 Å². The maximum Gasteiger partial charge on any atom is 0.0947 e. The molecule has 0 saturated heterocycles. The van der Waals surface area contributed by atoms with Crippen molar-refractivity contribution in [1.82, 2.24) is 5.32 Å². The number of aliphatic hydroxyl groups is 1. The molecular weight excluding hydrogens is 190 g/mol. The minimum atomic E-state index is 0.290. The van der Waals surface area contributed by atoms with Crippen LogP contribution < -0.4 is 5.32 Å². The summed E-state index contributed by atoms with van der Waals surface area (Å²) >= 11 is 0. The van der Waals surface area contributed by atoms with E-state index in [2.05, 4.69) is 12.2 Å². The predicted molar refractivity (Wildman–Crippen MR) is 60.5 cm³/mol. The van der Waals surface area contributed by atoms with E-state index in [1.54, 1.807) is 12.5 Å². The molecule has 1 unspecified atom stereocenters.